The first kappa shape index (κ1) is 15.5. The fraction of sp³-hybridized carbons (Fsp3) is 0.111. The van der Waals surface area contributed by atoms with E-state index in [-0.39, 0.29) is 11.9 Å². The highest BCUT2D eigenvalue weighted by Crippen LogP contribution is 2.25. The zero-order chi connectivity index (χ0) is 17.2. The minimum absolute atomic E-state index is 0.269. The summed E-state index contributed by atoms with van der Waals surface area (Å²) in [7, 11) is 1.96. The molecule has 0 radical (unpaired) electrons. The Bertz CT molecular complexity index is 1010. The van der Waals surface area contributed by atoms with Crippen LogP contribution >= 0.6 is 11.7 Å². The summed E-state index contributed by atoms with van der Waals surface area (Å²) in [5.74, 6) is 0.499. The molecule has 0 saturated carbocycles. The number of benzene rings is 2. The van der Waals surface area contributed by atoms with Crippen molar-refractivity contribution in [1.29, 1.82) is 0 Å². The van der Waals surface area contributed by atoms with Crippen molar-refractivity contribution in [1.82, 2.24) is 23.6 Å². The fourth-order valence-corrected chi connectivity index (χ4v) is 3.25. The molecule has 0 bridgehead atoms. The normalized spacial score (nSPS) is 12.2. The predicted molar refractivity (Wildman–Crippen MR) is 96.4 cm³/mol. The van der Waals surface area contributed by atoms with Crippen LogP contribution in [-0.2, 0) is 7.05 Å². The van der Waals surface area contributed by atoms with Crippen molar-refractivity contribution in [3.63, 3.8) is 0 Å². The molecular weight excluding hydrogens is 334 g/mol. The molecule has 1 atom stereocenters. The van der Waals surface area contributed by atoms with Gasteiger partial charge in [-0.1, -0.05) is 42.5 Å². The molecule has 124 valence electrons. The number of imidazole rings is 1. The molecular formula is C18H15N5OS. The number of fused-ring (bicyclic) bond motifs is 1. The summed E-state index contributed by atoms with van der Waals surface area (Å²) in [6.07, 6.45) is 1.47. The van der Waals surface area contributed by atoms with Crippen LogP contribution in [0.1, 0.15) is 27.9 Å². The summed E-state index contributed by atoms with van der Waals surface area (Å²) >= 11 is 1.01. The molecule has 0 unspecified atom stereocenters. The van der Waals surface area contributed by atoms with Crippen molar-refractivity contribution in [3.8, 4) is 0 Å². The topological polar surface area (TPSA) is 72.7 Å². The first-order valence-corrected chi connectivity index (χ1v) is 8.52. The van der Waals surface area contributed by atoms with Crippen LogP contribution in [0.2, 0.25) is 0 Å². The van der Waals surface area contributed by atoms with Gasteiger partial charge in [0.25, 0.3) is 5.91 Å². The van der Waals surface area contributed by atoms with Gasteiger partial charge in [0.1, 0.15) is 11.9 Å². The Morgan fingerprint density at radius 1 is 1.12 bits per heavy atom. The van der Waals surface area contributed by atoms with Crippen LogP contribution in [0.4, 0.5) is 0 Å². The Kier molecular flexibility index (Phi) is 3.99. The Balaban J connectivity index is 1.79. The lowest BCUT2D eigenvalue weighted by atomic mass is 10.1. The molecule has 2 heterocycles. The second-order valence-corrected chi connectivity index (χ2v) is 6.18. The Morgan fingerprint density at radius 3 is 2.60 bits per heavy atom. The second kappa shape index (κ2) is 6.45. The number of carbonyl (C=O) groups excluding carboxylic acids is 1. The molecule has 2 aromatic heterocycles. The van der Waals surface area contributed by atoms with Gasteiger partial charge in [-0.3, -0.25) is 4.79 Å². The molecule has 25 heavy (non-hydrogen) atoms. The number of aryl methyl sites for hydroxylation is 1. The Labute approximate surface area is 148 Å². The maximum absolute atomic E-state index is 12.5. The van der Waals surface area contributed by atoms with Crippen LogP contribution in [-0.4, -0.2) is 24.2 Å². The molecule has 6 nitrogen and oxygen atoms in total. The highest BCUT2D eigenvalue weighted by molar-refractivity contribution is 6.99. The SMILES string of the molecule is Cn1c([C@@H](NC(=O)c2cnsn2)c2ccccc2)nc2ccccc21. The molecule has 1 N–H and O–H groups in total. The van der Waals surface area contributed by atoms with Gasteiger partial charge in [0.15, 0.2) is 5.69 Å². The highest BCUT2D eigenvalue weighted by atomic mass is 32.1. The van der Waals surface area contributed by atoms with Crippen LogP contribution in [0.15, 0.2) is 60.8 Å². The van der Waals surface area contributed by atoms with Crippen molar-refractivity contribution in [2.24, 2.45) is 7.05 Å². The van der Waals surface area contributed by atoms with E-state index in [0.717, 1.165) is 34.1 Å². The Hall–Kier alpha value is -3.06. The molecule has 4 aromatic rings. The average molecular weight is 349 g/mol. The van der Waals surface area contributed by atoms with Gasteiger partial charge < -0.3 is 9.88 Å². The van der Waals surface area contributed by atoms with Crippen molar-refractivity contribution < 1.29 is 4.79 Å². The number of para-hydroxylation sites is 2. The molecule has 0 aliphatic carbocycles. The van der Waals surface area contributed by atoms with Gasteiger partial charge in [-0.05, 0) is 17.7 Å². The number of rotatable bonds is 4. The Morgan fingerprint density at radius 2 is 1.88 bits per heavy atom. The van der Waals surface area contributed by atoms with E-state index >= 15 is 0 Å². The van der Waals surface area contributed by atoms with E-state index < -0.39 is 0 Å². The van der Waals surface area contributed by atoms with Crippen LogP contribution in [0.3, 0.4) is 0 Å². The molecule has 4 rings (SSSR count). The number of hydrogen-bond donors (Lipinski definition) is 1. The fourth-order valence-electron chi connectivity index (χ4n) is 2.83. The number of nitrogens with zero attached hydrogens (tertiary/aromatic N) is 4. The van der Waals surface area contributed by atoms with Crippen molar-refractivity contribution in [2.45, 2.75) is 6.04 Å². The van der Waals surface area contributed by atoms with E-state index in [1.807, 2.05) is 66.2 Å². The molecule has 7 heteroatoms. The summed E-state index contributed by atoms with van der Waals surface area (Å²) in [5.41, 5.74) is 3.18. The molecule has 0 fully saturated rings. The first-order chi connectivity index (χ1) is 12.2. The molecule has 2 aromatic carbocycles. The van der Waals surface area contributed by atoms with Crippen LogP contribution < -0.4 is 5.32 Å². The lowest BCUT2D eigenvalue weighted by Gasteiger charge is -2.18. The molecule has 0 aliphatic rings. The van der Waals surface area contributed by atoms with Gasteiger partial charge in [0.2, 0.25) is 0 Å². The summed E-state index contributed by atoms with van der Waals surface area (Å²) < 4.78 is 9.92. The maximum atomic E-state index is 12.5. The van der Waals surface area contributed by atoms with Crippen LogP contribution in [0, 0.1) is 0 Å². The van der Waals surface area contributed by atoms with E-state index in [1.165, 1.54) is 6.20 Å². The summed E-state index contributed by atoms with van der Waals surface area (Å²) in [4.78, 5) is 17.3. The predicted octanol–water partition coefficient (Wildman–Crippen LogP) is 2.94. The maximum Gasteiger partial charge on any atom is 0.273 e. The van der Waals surface area contributed by atoms with Gasteiger partial charge >= 0.3 is 0 Å². The first-order valence-electron chi connectivity index (χ1n) is 7.79. The number of aromatic nitrogens is 4. The smallest absolute Gasteiger partial charge is 0.273 e. The molecule has 0 saturated heterocycles. The third kappa shape index (κ3) is 2.89. The molecule has 0 spiro atoms. The molecule has 1 amide bonds. The third-order valence-electron chi connectivity index (χ3n) is 4.08. The summed E-state index contributed by atoms with van der Waals surface area (Å²) in [6.45, 7) is 0. The number of amides is 1. The minimum Gasteiger partial charge on any atom is -0.337 e. The van der Waals surface area contributed by atoms with Gasteiger partial charge in [-0.2, -0.15) is 8.75 Å². The van der Waals surface area contributed by atoms with Gasteiger partial charge in [-0.25, -0.2) is 4.98 Å². The van der Waals surface area contributed by atoms with Crippen molar-refractivity contribution in [3.05, 3.63) is 77.9 Å². The van der Waals surface area contributed by atoms with E-state index in [2.05, 4.69) is 14.1 Å². The second-order valence-electron chi connectivity index (χ2n) is 5.63. The minimum atomic E-state index is -0.382. The quantitative estimate of drug-likeness (QED) is 0.615. The van der Waals surface area contributed by atoms with Gasteiger partial charge in [0, 0.05) is 7.05 Å². The van der Waals surface area contributed by atoms with E-state index in [9.17, 15) is 4.79 Å². The van der Waals surface area contributed by atoms with E-state index in [0.29, 0.717) is 5.69 Å². The largest absolute Gasteiger partial charge is 0.337 e. The summed E-state index contributed by atoms with van der Waals surface area (Å²) in [6, 6.07) is 17.3. The molecule has 0 aliphatic heterocycles. The standard InChI is InChI=1S/C18H15N5OS/c1-23-15-10-6-5-9-13(15)20-17(23)16(12-7-3-2-4-8-12)21-18(24)14-11-19-25-22-14/h2-11,16H,1H3,(H,21,24)/t16-/m0/s1. The third-order valence-corrected chi connectivity index (χ3v) is 4.56. The number of hydrogen-bond acceptors (Lipinski definition) is 5. The van der Waals surface area contributed by atoms with Crippen LogP contribution in [0.5, 0.6) is 0 Å². The zero-order valence-corrected chi connectivity index (χ0v) is 14.3. The van der Waals surface area contributed by atoms with E-state index in [1.54, 1.807) is 0 Å². The summed E-state index contributed by atoms with van der Waals surface area (Å²) in [5, 5.41) is 3.04. The average Bonchev–Trinajstić information content (AvgIpc) is 3.29. The lowest BCUT2D eigenvalue weighted by Crippen LogP contribution is -2.31. The monoisotopic (exact) mass is 349 g/mol. The van der Waals surface area contributed by atoms with Gasteiger partial charge in [0.05, 0.1) is 29.0 Å². The number of carbonyl (C=O) groups is 1. The highest BCUT2D eigenvalue weighted by Gasteiger charge is 2.23. The van der Waals surface area contributed by atoms with Crippen molar-refractivity contribution >= 4 is 28.7 Å². The lowest BCUT2D eigenvalue weighted by molar-refractivity contribution is 0.0937. The van der Waals surface area contributed by atoms with Crippen molar-refractivity contribution in [2.75, 3.05) is 0 Å². The zero-order valence-electron chi connectivity index (χ0n) is 13.5. The van der Waals surface area contributed by atoms with Gasteiger partial charge in [-0.15, -0.1) is 0 Å². The van der Waals surface area contributed by atoms with E-state index in [4.69, 9.17) is 4.98 Å². The van der Waals surface area contributed by atoms with Crippen LogP contribution in [0.25, 0.3) is 11.0 Å². The number of nitrogens with one attached hydrogen (secondary N) is 1.